The van der Waals surface area contributed by atoms with Gasteiger partial charge in [0.05, 0.1) is 4.90 Å². The van der Waals surface area contributed by atoms with Crippen LogP contribution in [0.25, 0.3) is 11.3 Å². The van der Waals surface area contributed by atoms with Gasteiger partial charge in [-0.3, -0.25) is 0 Å². The van der Waals surface area contributed by atoms with Crippen molar-refractivity contribution >= 4 is 22.4 Å². The van der Waals surface area contributed by atoms with Gasteiger partial charge in [0.15, 0.2) is 5.89 Å². The molecule has 0 bridgehead atoms. The van der Waals surface area contributed by atoms with Crippen molar-refractivity contribution in [3.8, 4) is 11.3 Å². The van der Waals surface area contributed by atoms with Gasteiger partial charge in [-0.1, -0.05) is 12.1 Å². The lowest BCUT2D eigenvalue weighted by Gasteiger charge is -2.17. The number of halogens is 1. The van der Waals surface area contributed by atoms with Crippen molar-refractivity contribution in [2.75, 3.05) is 26.2 Å². The lowest BCUT2D eigenvalue weighted by molar-refractivity contribution is 0.448. The Labute approximate surface area is 147 Å². The molecule has 0 spiro atoms. The van der Waals surface area contributed by atoms with Gasteiger partial charge >= 0.3 is 0 Å². The number of hydrogen-bond acceptors (Lipinski definition) is 5. The van der Waals surface area contributed by atoms with E-state index < -0.39 is 10.0 Å². The first-order valence-corrected chi connectivity index (χ1v) is 9.21. The van der Waals surface area contributed by atoms with Crippen LogP contribution in [0.2, 0.25) is 0 Å². The number of aromatic nitrogens is 1. The van der Waals surface area contributed by atoms with E-state index in [4.69, 9.17) is 4.42 Å². The summed E-state index contributed by atoms with van der Waals surface area (Å²) >= 11 is 0. The highest BCUT2D eigenvalue weighted by molar-refractivity contribution is 7.89. The lowest BCUT2D eigenvalue weighted by Crippen LogP contribution is -2.31. The van der Waals surface area contributed by atoms with E-state index in [0.29, 0.717) is 41.4 Å². The zero-order chi connectivity index (χ0) is 16.0. The fraction of sp³-hybridized carbons (Fsp3) is 0.438. The van der Waals surface area contributed by atoms with Crippen molar-refractivity contribution in [1.29, 1.82) is 0 Å². The molecule has 2 aromatic rings. The first kappa shape index (κ1) is 17.4. The monoisotopic (exact) mass is 369 g/mol. The van der Waals surface area contributed by atoms with E-state index in [1.165, 1.54) is 0 Å². The Kier molecular flexibility index (Phi) is 4.70. The predicted molar refractivity (Wildman–Crippen MR) is 92.5 cm³/mol. The van der Waals surface area contributed by atoms with Gasteiger partial charge in [0, 0.05) is 25.6 Å². The minimum Gasteiger partial charge on any atom is -0.449 e. The number of hydrogen-bond donors (Lipinski definition) is 1. The van der Waals surface area contributed by atoms with Crippen molar-refractivity contribution in [2.24, 2.45) is 11.8 Å². The highest BCUT2D eigenvalue weighted by Crippen LogP contribution is 2.31. The fourth-order valence-electron chi connectivity index (χ4n) is 3.45. The molecule has 4 rings (SSSR count). The second-order valence-electron chi connectivity index (χ2n) is 6.28. The minimum absolute atomic E-state index is 0. The van der Waals surface area contributed by atoms with Gasteiger partial charge in [0.2, 0.25) is 10.0 Å². The molecule has 0 amide bonds. The van der Waals surface area contributed by atoms with E-state index >= 15 is 0 Å². The number of rotatable bonds is 3. The molecule has 0 saturated carbocycles. The third-order valence-electron chi connectivity index (χ3n) is 4.76. The Morgan fingerprint density at radius 1 is 1.17 bits per heavy atom. The highest BCUT2D eigenvalue weighted by Gasteiger charge is 2.41. The standard InChI is InChI=1S/C16H19N3O3S.ClH/c1-11-18-16(10-22-11)12-2-4-15(5-3-12)23(20,21)19-8-13-6-17-7-14(13)9-19;/h2-5,10,13-14,17H,6-9H2,1H3;1H/t13-,14+;. The molecule has 3 heterocycles. The van der Waals surface area contributed by atoms with Crippen molar-refractivity contribution in [3.05, 3.63) is 36.4 Å². The molecule has 2 saturated heterocycles. The van der Waals surface area contributed by atoms with Crippen LogP contribution in [0.15, 0.2) is 39.8 Å². The fourth-order valence-corrected chi connectivity index (χ4v) is 5.00. The quantitative estimate of drug-likeness (QED) is 0.894. The first-order valence-electron chi connectivity index (χ1n) is 7.77. The van der Waals surface area contributed by atoms with Crippen LogP contribution >= 0.6 is 12.4 Å². The lowest BCUT2D eigenvalue weighted by atomic mass is 10.0. The summed E-state index contributed by atoms with van der Waals surface area (Å²) in [5.74, 6) is 1.48. The molecule has 2 aliphatic rings. The van der Waals surface area contributed by atoms with Crippen LogP contribution in [0.3, 0.4) is 0 Å². The third-order valence-corrected chi connectivity index (χ3v) is 6.61. The summed E-state index contributed by atoms with van der Waals surface area (Å²) in [6.45, 7) is 4.85. The molecule has 130 valence electrons. The number of nitrogens with zero attached hydrogens (tertiary/aromatic N) is 2. The van der Waals surface area contributed by atoms with Gasteiger partial charge in [-0.2, -0.15) is 4.31 Å². The maximum absolute atomic E-state index is 12.8. The summed E-state index contributed by atoms with van der Waals surface area (Å²) in [5.41, 5.74) is 1.57. The van der Waals surface area contributed by atoms with E-state index in [0.717, 1.165) is 18.7 Å². The Hall–Kier alpha value is -1.41. The summed E-state index contributed by atoms with van der Waals surface area (Å²) < 4.78 is 32.4. The Morgan fingerprint density at radius 3 is 2.33 bits per heavy atom. The molecule has 2 atom stereocenters. The first-order chi connectivity index (χ1) is 11.0. The van der Waals surface area contributed by atoms with Crippen LogP contribution in [0.5, 0.6) is 0 Å². The van der Waals surface area contributed by atoms with Crippen LogP contribution in [-0.4, -0.2) is 43.9 Å². The average molecular weight is 370 g/mol. The van der Waals surface area contributed by atoms with Crippen LogP contribution in [-0.2, 0) is 10.0 Å². The topological polar surface area (TPSA) is 75.4 Å². The van der Waals surface area contributed by atoms with E-state index in [2.05, 4.69) is 10.3 Å². The molecule has 0 radical (unpaired) electrons. The maximum atomic E-state index is 12.8. The third kappa shape index (κ3) is 2.97. The SMILES string of the molecule is Cc1nc(-c2ccc(S(=O)(=O)N3C[C@H]4CNC[C@H]4C3)cc2)co1.Cl. The summed E-state index contributed by atoms with van der Waals surface area (Å²) in [5, 5.41) is 3.33. The Balaban J connectivity index is 0.00000169. The normalized spacial score (nSPS) is 23.9. The molecule has 1 aromatic heterocycles. The molecule has 2 aliphatic heterocycles. The number of fused-ring (bicyclic) bond motifs is 1. The van der Waals surface area contributed by atoms with Crippen LogP contribution in [0.4, 0.5) is 0 Å². The molecule has 1 aromatic carbocycles. The molecule has 8 heteroatoms. The molecule has 0 aliphatic carbocycles. The molecule has 0 unspecified atom stereocenters. The van der Waals surface area contributed by atoms with Gasteiger partial charge < -0.3 is 9.73 Å². The van der Waals surface area contributed by atoms with Crippen LogP contribution in [0.1, 0.15) is 5.89 Å². The number of benzene rings is 1. The number of oxazole rings is 1. The summed E-state index contributed by atoms with van der Waals surface area (Å²) in [6.07, 6.45) is 1.58. The number of aryl methyl sites for hydroxylation is 1. The van der Waals surface area contributed by atoms with Crippen molar-refractivity contribution in [2.45, 2.75) is 11.8 Å². The van der Waals surface area contributed by atoms with Crippen molar-refractivity contribution < 1.29 is 12.8 Å². The molecule has 2 fully saturated rings. The second kappa shape index (κ2) is 6.48. The van der Waals surface area contributed by atoms with Crippen LogP contribution < -0.4 is 5.32 Å². The Bertz CT molecular complexity index is 807. The average Bonchev–Trinajstić information content (AvgIpc) is 3.22. The van der Waals surface area contributed by atoms with Gasteiger partial charge in [-0.05, 0) is 37.1 Å². The van der Waals surface area contributed by atoms with E-state index in [9.17, 15) is 8.42 Å². The predicted octanol–water partition coefficient (Wildman–Crippen LogP) is 1.91. The smallest absolute Gasteiger partial charge is 0.243 e. The maximum Gasteiger partial charge on any atom is 0.243 e. The minimum atomic E-state index is -3.41. The number of nitrogens with one attached hydrogen (secondary N) is 1. The summed E-state index contributed by atoms with van der Waals surface area (Å²) in [6, 6.07) is 6.87. The van der Waals surface area contributed by atoms with Gasteiger partial charge in [0.25, 0.3) is 0 Å². The zero-order valence-corrected chi connectivity index (χ0v) is 14.9. The van der Waals surface area contributed by atoms with Crippen molar-refractivity contribution in [1.82, 2.24) is 14.6 Å². The largest absolute Gasteiger partial charge is 0.449 e. The molecular weight excluding hydrogens is 350 g/mol. The van der Waals surface area contributed by atoms with E-state index in [1.807, 2.05) is 0 Å². The van der Waals surface area contributed by atoms with Gasteiger partial charge in [-0.15, -0.1) is 12.4 Å². The molecule has 6 nitrogen and oxygen atoms in total. The zero-order valence-electron chi connectivity index (χ0n) is 13.3. The molecule has 24 heavy (non-hydrogen) atoms. The second-order valence-corrected chi connectivity index (χ2v) is 8.21. The Morgan fingerprint density at radius 2 is 1.79 bits per heavy atom. The van der Waals surface area contributed by atoms with E-state index in [1.54, 1.807) is 41.8 Å². The molecular formula is C16H20ClN3O3S. The molecule has 1 N–H and O–H groups in total. The highest BCUT2D eigenvalue weighted by atomic mass is 35.5. The van der Waals surface area contributed by atoms with Crippen molar-refractivity contribution in [3.63, 3.8) is 0 Å². The van der Waals surface area contributed by atoms with Gasteiger partial charge in [0.1, 0.15) is 12.0 Å². The number of sulfonamides is 1. The van der Waals surface area contributed by atoms with E-state index in [-0.39, 0.29) is 12.4 Å². The van der Waals surface area contributed by atoms with Crippen LogP contribution in [0, 0.1) is 18.8 Å². The summed E-state index contributed by atoms with van der Waals surface area (Å²) in [7, 11) is -3.41. The summed E-state index contributed by atoms with van der Waals surface area (Å²) in [4.78, 5) is 4.60. The van der Waals surface area contributed by atoms with Gasteiger partial charge in [-0.25, -0.2) is 13.4 Å².